The quantitative estimate of drug-likeness (QED) is 0.755. The second kappa shape index (κ2) is 6.60. The largest absolute Gasteiger partial charge is 0.481 e. The number of carboxylic acid groups (broad SMARTS) is 1. The van der Waals surface area contributed by atoms with E-state index >= 15 is 0 Å². The van der Waals surface area contributed by atoms with Crippen molar-refractivity contribution < 1.29 is 18.3 Å². The Kier molecular flexibility index (Phi) is 5.40. The van der Waals surface area contributed by atoms with Gasteiger partial charge in [0.1, 0.15) is 0 Å². The van der Waals surface area contributed by atoms with Crippen molar-refractivity contribution in [3.63, 3.8) is 0 Å². The number of rotatable bonds is 7. The highest BCUT2D eigenvalue weighted by Crippen LogP contribution is 2.12. The van der Waals surface area contributed by atoms with E-state index in [1.165, 1.54) is 7.05 Å². The second-order valence-corrected chi connectivity index (χ2v) is 5.91. The zero-order valence-electron chi connectivity index (χ0n) is 10.8. The lowest BCUT2D eigenvalue weighted by atomic mass is 10.2. The summed E-state index contributed by atoms with van der Waals surface area (Å²) in [5.41, 5.74) is 0.734. The molecule has 0 aliphatic heterocycles. The summed E-state index contributed by atoms with van der Waals surface area (Å²) in [6, 6.07) is 3.04. The first kappa shape index (κ1) is 15.5. The SMILES string of the molecule is C[C@H](NS(=O)(=O)N(C)CCC(=O)O)c1cccnc1. The van der Waals surface area contributed by atoms with Crippen molar-refractivity contribution >= 4 is 16.2 Å². The number of carbonyl (C=O) groups is 1. The number of nitrogens with one attached hydrogen (secondary N) is 1. The Bertz CT molecular complexity index is 518. The minimum absolute atomic E-state index is 0.0789. The molecule has 0 amide bonds. The maximum Gasteiger partial charge on any atom is 0.304 e. The van der Waals surface area contributed by atoms with Crippen molar-refractivity contribution in [3.05, 3.63) is 30.1 Å². The van der Waals surface area contributed by atoms with Crippen LogP contribution in [0.5, 0.6) is 0 Å². The van der Waals surface area contributed by atoms with Crippen LogP contribution in [0.2, 0.25) is 0 Å². The van der Waals surface area contributed by atoms with Crippen LogP contribution >= 0.6 is 0 Å². The third kappa shape index (κ3) is 4.93. The Balaban J connectivity index is 2.66. The molecule has 1 rings (SSSR count). The maximum atomic E-state index is 11.9. The monoisotopic (exact) mass is 287 g/mol. The molecule has 0 aliphatic rings. The molecule has 0 aromatic carbocycles. The van der Waals surface area contributed by atoms with Crippen LogP contribution in [0.1, 0.15) is 24.9 Å². The van der Waals surface area contributed by atoms with Crippen molar-refractivity contribution in [2.75, 3.05) is 13.6 Å². The first-order chi connectivity index (χ1) is 8.83. The lowest BCUT2D eigenvalue weighted by Gasteiger charge is -2.20. The van der Waals surface area contributed by atoms with Gasteiger partial charge in [-0.15, -0.1) is 0 Å². The fourth-order valence-electron chi connectivity index (χ4n) is 1.39. The number of pyridine rings is 1. The van der Waals surface area contributed by atoms with E-state index in [9.17, 15) is 13.2 Å². The Morgan fingerprint density at radius 3 is 2.79 bits per heavy atom. The molecular formula is C11H17N3O4S. The summed E-state index contributed by atoms with van der Waals surface area (Å²) >= 11 is 0. The molecule has 1 heterocycles. The Labute approximate surface area is 112 Å². The smallest absolute Gasteiger partial charge is 0.304 e. The van der Waals surface area contributed by atoms with Gasteiger partial charge in [-0.1, -0.05) is 6.07 Å². The van der Waals surface area contributed by atoms with E-state index in [4.69, 9.17) is 5.11 Å². The molecule has 0 radical (unpaired) electrons. The van der Waals surface area contributed by atoms with Crippen LogP contribution in [0.3, 0.4) is 0 Å². The number of hydrogen-bond donors (Lipinski definition) is 2. The standard InChI is InChI=1S/C11H17N3O4S/c1-9(10-4-3-6-12-8-10)13-19(17,18)14(2)7-5-11(15)16/h3-4,6,8-9,13H,5,7H2,1-2H3,(H,15,16)/t9-/m0/s1. The minimum Gasteiger partial charge on any atom is -0.481 e. The van der Waals surface area contributed by atoms with Crippen LogP contribution in [-0.4, -0.2) is 42.4 Å². The van der Waals surface area contributed by atoms with E-state index in [1.54, 1.807) is 31.5 Å². The average Bonchev–Trinajstić information content (AvgIpc) is 2.36. The molecule has 0 aliphatic carbocycles. The first-order valence-corrected chi connectivity index (χ1v) is 7.12. The van der Waals surface area contributed by atoms with E-state index in [1.807, 2.05) is 0 Å². The average molecular weight is 287 g/mol. The second-order valence-electron chi connectivity index (χ2n) is 4.10. The summed E-state index contributed by atoms with van der Waals surface area (Å²) in [6.07, 6.45) is 2.94. The molecule has 8 heteroatoms. The number of aromatic nitrogens is 1. The molecule has 0 saturated heterocycles. The molecule has 0 bridgehead atoms. The van der Waals surface area contributed by atoms with Crippen LogP contribution in [0.15, 0.2) is 24.5 Å². The van der Waals surface area contributed by atoms with E-state index in [0.717, 1.165) is 9.87 Å². The summed E-state index contributed by atoms with van der Waals surface area (Å²) in [4.78, 5) is 14.3. The number of carboxylic acids is 1. The van der Waals surface area contributed by atoms with Gasteiger partial charge in [-0.25, -0.2) is 0 Å². The summed E-state index contributed by atoms with van der Waals surface area (Å²) in [6.45, 7) is 1.62. The molecular weight excluding hydrogens is 270 g/mol. The predicted molar refractivity (Wildman–Crippen MR) is 69.6 cm³/mol. The van der Waals surface area contributed by atoms with Crippen molar-refractivity contribution in [1.82, 2.24) is 14.0 Å². The van der Waals surface area contributed by atoms with Crippen LogP contribution in [0.25, 0.3) is 0 Å². The molecule has 7 nitrogen and oxygen atoms in total. The number of nitrogens with zero attached hydrogens (tertiary/aromatic N) is 2. The highest BCUT2D eigenvalue weighted by molar-refractivity contribution is 7.87. The fraction of sp³-hybridized carbons (Fsp3) is 0.455. The molecule has 0 fully saturated rings. The topological polar surface area (TPSA) is 99.6 Å². The van der Waals surface area contributed by atoms with Crippen LogP contribution in [0, 0.1) is 0 Å². The summed E-state index contributed by atoms with van der Waals surface area (Å²) in [7, 11) is -2.38. The van der Waals surface area contributed by atoms with Crippen LogP contribution in [-0.2, 0) is 15.0 Å². The van der Waals surface area contributed by atoms with Gasteiger partial charge in [0, 0.05) is 32.0 Å². The van der Waals surface area contributed by atoms with Crippen LogP contribution < -0.4 is 4.72 Å². The van der Waals surface area contributed by atoms with Gasteiger partial charge >= 0.3 is 5.97 Å². The Hall–Kier alpha value is -1.51. The third-order valence-electron chi connectivity index (χ3n) is 2.56. The molecule has 19 heavy (non-hydrogen) atoms. The van der Waals surface area contributed by atoms with Gasteiger partial charge < -0.3 is 5.11 Å². The van der Waals surface area contributed by atoms with E-state index in [-0.39, 0.29) is 13.0 Å². The van der Waals surface area contributed by atoms with Crippen molar-refractivity contribution in [3.8, 4) is 0 Å². The van der Waals surface area contributed by atoms with Gasteiger partial charge in [-0.2, -0.15) is 17.4 Å². The van der Waals surface area contributed by atoms with Crippen molar-refractivity contribution in [2.24, 2.45) is 0 Å². The van der Waals surface area contributed by atoms with Gasteiger partial charge in [0.25, 0.3) is 10.2 Å². The zero-order valence-corrected chi connectivity index (χ0v) is 11.6. The summed E-state index contributed by atoms with van der Waals surface area (Å²) < 4.78 is 27.3. The third-order valence-corrected chi connectivity index (χ3v) is 4.22. The van der Waals surface area contributed by atoms with Crippen molar-refractivity contribution in [2.45, 2.75) is 19.4 Å². The summed E-state index contributed by atoms with van der Waals surface area (Å²) in [5, 5.41) is 8.54. The maximum absolute atomic E-state index is 11.9. The van der Waals surface area contributed by atoms with E-state index in [2.05, 4.69) is 9.71 Å². The molecule has 1 aromatic rings. The highest BCUT2D eigenvalue weighted by Gasteiger charge is 2.21. The first-order valence-electron chi connectivity index (χ1n) is 5.68. The van der Waals surface area contributed by atoms with Gasteiger partial charge in [0.2, 0.25) is 0 Å². The molecule has 0 unspecified atom stereocenters. The fourth-order valence-corrected chi connectivity index (χ4v) is 2.48. The zero-order chi connectivity index (χ0) is 14.5. The number of hydrogen-bond acceptors (Lipinski definition) is 4. The lowest BCUT2D eigenvalue weighted by molar-refractivity contribution is -0.137. The molecule has 0 spiro atoms. The molecule has 2 N–H and O–H groups in total. The van der Waals surface area contributed by atoms with Crippen LogP contribution in [0.4, 0.5) is 0 Å². The molecule has 106 valence electrons. The highest BCUT2D eigenvalue weighted by atomic mass is 32.2. The van der Waals surface area contributed by atoms with E-state index in [0.29, 0.717) is 0 Å². The number of aliphatic carboxylic acids is 1. The lowest BCUT2D eigenvalue weighted by Crippen LogP contribution is -2.40. The predicted octanol–water partition coefficient (Wildman–Crippen LogP) is 0.384. The molecule has 0 saturated carbocycles. The van der Waals surface area contributed by atoms with Crippen molar-refractivity contribution in [1.29, 1.82) is 0 Å². The minimum atomic E-state index is -3.71. The molecule has 1 aromatic heterocycles. The van der Waals surface area contributed by atoms with E-state index < -0.39 is 22.2 Å². The summed E-state index contributed by atoms with van der Waals surface area (Å²) in [5.74, 6) is -1.04. The van der Waals surface area contributed by atoms with Gasteiger partial charge in [-0.3, -0.25) is 9.78 Å². The van der Waals surface area contributed by atoms with Gasteiger partial charge in [0.15, 0.2) is 0 Å². The Morgan fingerprint density at radius 2 is 2.26 bits per heavy atom. The molecule has 1 atom stereocenters. The van der Waals surface area contributed by atoms with Gasteiger partial charge in [0.05, 0.1) is 6.42 Å². The normalized spacial score (nSPS) is 13.4. The Morgan fingerprint density at radius 1 is 1.58 bits per heavy atom. The van der Waals surface area contributed by atoms with Gasteiger partial charge in [-0.05, 0) is 18.6 Å².